The molecule has 1 aromatic carbocycles. The molecule has 2 rings (SSSR count). The van der Waals surface area contributed by atoms with Crippen LogP contribution in [0.2, 0.25) is 5.02 Å². The molecule has 100 valence electrons. The SMILES string of the molecule is OCC1(CNCc2c(F)cccc2Cl)CCCC1. The molecule has 2 N–H and O–H groups in total. The topological polar surface area (TPSA) is 32.3 Å². The number of aliphatic hydroxyl groups excluding tert-OH is 1. The van der Waals surface area contributed by atoms with Gasteiger partial charge in [0.05, 0.1) is 0 Å². The van der Waals surface area contributed by atoms with E-state index in [0.717, 1.165) is 12.8 Å². The quantitative estimate of drug-likeness (QED) is 0.862. The van der Waals surface area contributed by atoms with Crippen molar-refractivity contribution in [3.63, 3.8) is 0 Å². The fourth-order valence-corrected chi connectivity index (χ4v) is 2.90. The Kier molecular flexibility index (Phi) is 4.60. The summed E-state index contributed by atoms with van der Waals surface area (Å²) in [5.41, 5.74) is 0.489. The van der Waals surface area contributed by atoms with Gasteiger partial charge in [0.25, 0.3) is 0 Å². The second-order valence-electron chi connectivity index (χ2n) is 5.17. The number of rotatable bonds is 5. The smallest absolute Gasteiger partial charge is 0.129 e. The van der Waals surface area contributed by atoms with Crippen molar-refractivity contribution in [2.45, 2.75) is 32.2 Å². The van der Waals surface area contributed by atoms with Gasteiger partial charge < -0.3 is 10.4 Å². The van der Waals surface area contributed by atoms with Crippen molar-refractivity contribution in [1.29, 1.82) is 0 Å². The molecule has 0 bridgehead atoms. The van der Waals surface area contributed by atoms with Crippen molar-refractivity contribution < 1.29 is 9.50 Å². The van der Waals surface area contributed by atoms with E-state index in [2.05, 4.69) is 5.32 Å². The lowest BCUT2D eigenvalue weighted by Gasteiger charge is -2.26. The first-order valence-electron chi connectivity index (χ1n) is 6.41. The second-order valence-corrected chi connectivity index (χ2v) is 5.58. The molecule has 0 saturated heterocycles. The molecule has 0 atom stereocenters. The van der Waals surface area contributed by atoms with Crippen LogP contribution >= 0.6 is 11.6 Å². The van der Waals surface area contributed by atoms with Crippen LogP contribution in [0, 0.1) is 11.2 Å². The average molecular weight is 272 g/mol. The molecule has 0 aliphatic heterocycles. The van der Waals surface area contributed by atoms with Crippen molar-refractivity contribution >= 4 is 11.6 Å². The number of nitrogens with one attached hydrogen (secondary N) is 1. The minimum Gasteiger partial charge on any atom is -0.396 e. The molecule has 1 aliphatic rings. The zero-order valence-electron chi connectivity index (χ0n) is 10.4. The first-order chi connectivity index (χ1) is 8.67. The average Bonchev–Trinajstić information content (AvgIpc) is 2.82. The molecular weight excluding hydrogens is 253 g/mol. The van der Waals surface area contributed by atoms with Gasteiger partial charge in [0.15, 0.2) is 0 Å². The van der Waals surface area contributed by atoms with Crippen molar-refractivity contribution in [3.8, 4) is 0 Å². The number of benzene rings is 1. The highest BCUT2D eigenvalue weighted by Gasteiger charge is 2.32. The molecule has 4 heteroatoms. The molecule has 0 amide bonds. The van der Waals surface area contributed by atoms with E-state index in [9.17, 15) is 9.50 Å². The minimum absolute atomic E-state index is 0.0161. The lowest BCUT2D eigenvalue weighted by Crippen LogP contribution is -2.35. The predicted octanol–water partition coefficient (Wildman–Crippen LogP) is 3.12. The van der Waals surface area contributed by atoms with Gasteiger partial charge in [-0.25, -0.2) is 4.39 Å². The molecule has 1 aromatic rings. The Hall–Kier alpha value is -0.640. The second kappa shape index (κ2) is 6.00. The monoisotopic (exact) mass is 271 g/mol. The van der Waals surface area contributed by atoms with Gasteiger partial charge in [-0.15, -0.1) is 0 Å². The summed E-state index contributed by atoms with van der Waals surface area (Å²) in [6, 6.07) is 4.71. The minimum atomic E-state index is -0.278. The summed E-state index contributed by atoms with van der Waals surface area (Å²) in [5, 5.41) is 13.2. The van der Waals surface area contributed by atoms with E-state index in [1.165, 1.54) is 18.9 Å². The lowest BCUT2D eigenvalue weighted by atomic mass is 9.87. The molecule has 1 fully saturated rings. The molecule has 0 radical (unpaired) electrons. The number of hydrogen-bond acceptors (Lipinski definition) is 2. The van der Waals surface area contributed by atoms with Gasteiger partial charge in [0, 0.05) is 35.7 Å². The number of hydrogen-bond donors (Lipinski definition) is 2. The van der Waals surface area contributed by atoms with E-state index < -0.39 is 0 Å². The van der Waals surface area contributed by atoms with E-state index in [-0.39, 0.29) is 17.8 Å². The van der Waals surface area contributed by atoms with Gasteiger partial charge in [0.1, 0.15) is 5.82 Å². The van der Waals surface area contributed by atoms with Crippen LogP contribution in [0.5, 0.6) is 0 Å². The molecule has 0 heterocycles. The van der Waals surface area contributed by atoms with Crippen LogP contribution in [-0.2, 0) is 6.54 Å². The summed E-state index contributed by atoms with van der Waals surface area (Å²) in [5.74, 6) is -0.278. The van der Waals surface area contributed by atoms with Crippen LogP contribution in [0.1, 0.15) is 31.2 Å². The lowest BCUT2D eigenvalue weighted by molar-refractivity contribution is 0.128. The Morgan fingerprint density at radius 1 is 1.33 bits per heavy atom. The first kappa shape index (κ1) is 13.8. The largest absolute Gasteiger partial charge is 0.396 e. The van der Waals surface area contributed by atoms with Crippen LogP contribution in [0.4, 0.5) is 4.39 Å². The van der Waals surface area contributed by atoms with Crippen LogP contribution < -0.4 is 5.32 Å². The van der Waals surface area contributed by atoms with Crippen molar-refractivity contribution in [2.24, 2.45) is 5.41 Å². The standard InChI is InChI=1S/C14H19ClFNO/c15-12-4-3-5-13(16)11(12)8-17-9-14(10-18)6-1-2-7-14/h3-5,17-18H,1-2,6-10H2. The van der Waals surface area contributed by atoms with Gasteiger partial charge in [-0.1, -0.05) is 30.5 Å². The maximum atomic E-state index is 13.6. The van der Waals surface area contributed by atoms with Gasteiger partial charge >= 0.3 is 0 Å². The molecule has 1 saturated carbocycles. The fourth-order valence-electron chi connectivity index (χ4n) is 2.67. The molecule has 2 nitrogen and oxygen atoms in total. The Morgan fingerprint density at radius 2 is 2.06 bits per heavy atom. The summed E-state index contributed by atoms with van der Waals surface area (Å²) in [4.78, 5) is 0. The number of halogens is 2. The third kappa shape index (κ3) is 3.02. The van der Waals surface area contributed by atoms with E-state index in [4.69, 9.17) is 11.6 Å². The third-order valence-corrected chi connectivity index (χ3v) is 4.22. The molecule has 0 spiro atoms. The van der Waals surface area contributed by atoms with E-state index in [0.29, 0.717) is 23.7 Å². The van der Waals surface area contributed by atoms with E-state index in [1.54, 1.807) is 12.1 Å². The Bertz CT molecular complexity index is 385. The summed E-state index contributed by atoms with van der Waals surface area (Å²) in [6.45, 7) is 1.33. The maximum absolute atomic E-state index is 13.6. The predicted molar refractivity (Wildman–Crippen MR) is 71.1 cm³/mol. The highest BCUT2D eigenvalue weighted by Crippen LogP contribution is 2.37. The molecule has 0 aromatic heterocycles. The van der Waals surface area contributed by atoms with Crippen LogP contribution in [-0.4, -0.2) is 18.3 Å². The summed E-state index contributed by atoms with van der Waals surface area (Å²) < 4.78 is 13.6. The third-order valence-electron chi connectivity index (χ3n) is 3.86. The fraction of sp³-hybridized carbons (Fsp3) is 0.571. The summed E-state index contributed by atoms with van der Waals surface area (Å²) >= 11 is 5.96. The zero-order valence-corrected chi connectivity index (χ0v) is 11.1. The number of aliphatic hydroxyl groups is 1. The summed E-state index contributed by atoms with van der Waals surface area (Å²) in [7, 11) is 0. The van der Waals surface area contributed by atoms with Crippen molar-refractivity contribution in [2.75, 3.05) is 13.2 Å². The maximum Gasteiger partial charge on any atom is 0.129 e. The van der Waals surface area contributed by atoms with Crippen LogP contribution in [0.25, 0.3) is 0 Å². The molecule has 0 unspecified atom stereocenters. The van der Waals surface area contributed by atoms with Crippen LogP contribution in [0.3, 0.4) is 0 Å². The Labute approximate surface area is 112 Å². The highest BCUT2D eigenvalue weighted by molar-refractivity contribution is 6.31. The van der Waals surface area contributed by atoms with Crippen molar-refractivity contribution in [1.82, 2.24) is 5.32 Å². The Morgan fingerprint density at radius 3 is 2.67 bits per heavy atom. The zero-order chi connectivity index (χ0) is 13.0. The normalized spacial score (nSPS) is 18.2. The molecule has 1 aliphatic carbocycles. The summed E-state index contributed by atoms with van der Waals surface area (Å²) in [6.07, 6.45) is 4.42. The van der Waals surface area contributed by atoms with Gasteiger partial charge in [-0.3, -0.25) is 0 Å². The van der Waals surface area contributed by atoms with E-state index in [1.807, 2.05) is 0 Å². The van der Waals surface area contributed by atoms with Crippen molar-refractivity contribution in [3.05, 3.63) is 34.6 Å². The first-order valence-corrected chi connectivity index (χ1v) is 6.79. The molecular formula is C14H19ClFNO. The van der Waals surface area contributed by atoms with Gasteiger partial charge in [0.2, 0.25) is 0 Å². The molecule has 18 heavy (non-hydrogen) atoms. The van der Waals surface area contributed by atoms with Gasteiger partial charge in [-0.2, -0.15) is 0 Å². The van der Waals surface area contributed by atoms with Gasteiger partial charge in [-0.05, 0) is 25.0 Å². The van der Waals surface area contributed by atoms with E-state index >= 15 is 0 Å². The van der Waals surface area contributed by atoms with Crippen LogP contribution in [0.15, 0.2) is 18.2 Å². The highest BCUT2D eigenvalue weighted by atomic mass is 35.5. The Balaban J connectivity index is 1.92.